The Labute approximate surface area is 86.0 Å². The van der Waals surface area contributed by atoms with Crippen molar-refractivity contribution in [1.82, 2.24) is 9.97 Å². The number of H-pyrrole nitrogens is 1. The molecule has 0 fully saturated rings. The second-order valence-electron chi connectivity index (χ2n) is 3.23. The van der Waals surface area contributed by atoms with E-state index in [1.54, 1.807) is 13.1 Å². The summed E-state index contributed by atoms with van der Waals surface area (Å²) in [7, 11) is 0. The maximum absolute atomic E-state index is 13.0. The number of halogens is 1. The lowest BCUT2D eigenvalue weighted by molar-refractivity contribution is 0.103. The van der Waals surface area contributed by atoms with Crippen LogP contribution >= 0.6 is 0 Å². The van der Waals surface area contributed by atoms with Crippen LogP contribution in [0.15, 0.2) is 30.6 Å². The van der Waals surface area contributed by atoms with Crippen molar-refractivity contribution in [2.24, 2.45) is 0 Å². The summed E-state index contributed by atoms with van der Waals surface area (Å²) in [6.07, 6.45) is 3.08. The predicted octanol–water partition coefficient (Wildman–Crippen LogP) is 2.09. The molecular formula is C11H9FN2O. The van der Waals surface area contributed by atoms with Crippen LogP contribution in [0.4, 0.5) is 4.39 Å². The first-order chi connectivity index (χ1) is 7.18. The van der Waals surface area contributed by atoms with E-state index in [1.165, 1.54) is 24.4 Å². The molecule has 15 heavy (non-hydrogen) atoms. The molecule has 0 unspecified atom stereocenters. The predicted molar refractivity (Wildman–Crippen MR) is 53.2 cm³/mol. The molecule has 4 heteroatoms. The molecule has 1 aromatic heterocycles. The summed E-state index contributed by atoms with van der Waals surface area (Å²) in [5.41, 5.74) is 0.885. The van der Waals surface area contributed by atoms with Crippen molar-refractivity contribution in [3.63, 3.8) is 0 Å². The van der Waals surface area contributed by atoms with E-state index < -0.39 is 0 Å². The van der Waals surface area contributed by atoms with Crippen molar-refractivity contribution >= 4 is 5.78 Å². The number of hydrogen-bond acceptors (Lipinski definition) is 2. The number of nitrogens with one attached hydrogen (secondary N) is 1. The van der Waals surface area contributed by atoms with E-state index in [0.717, 1.165) is 0 Å². The minimum Gasteiger partial charge on any atom is -0.342 e. The van der Waals surface area contributed by atoms with E-state index in [4.69, 9.17) is 0 Å². The van der Waals surface area contributed by atoms with Crippen LogP contribution in [0.5, 0.6) is 0 Å². The van der Waals surface area contributed by atoms with Gasteiger partial charge in [0.2, 0.25) is 5.78 Å². The molecule has 0 radical (unpaired) electrons. The Morgan fingerprint density at radius 1 is 1.47 bits per heavy atom. The lowest BCUT2D eigenvalue weighted by Crippen LogP contribution is -2.04. The smallest absolute Gasteiger partial charge is 0.228 e. The molecule has 1 heterocycles. The number of nitrogens with zero attached hydrogens (tertiary/aromatic N) is 1. The van der Waals surface area contributed by atoms with E-state index in [2.05, 4.69) is 9.97 Å². The van der Waals surface area contributed by atoms with Gasteiger partial charge in [-0.05, 0) is 30.7 Å². The van der Waals surface area contributed by atoms with Crippen molar-refractivity contribution in [1.29, 1.82) is 0 Å². The Balaban J connectivity index is 2.39. The zero-order valence-electron chi connectivity index (χ0n) is 8.12. The summed E-state index contributed by atoms with van der Waals surface area (Å²) < 4.78 is 13.0. The SMILES string of the molecule is Cc1cc(C(=O)c2ncc[nH]2)ccc1F. The first-order valence-electron chi connectivity index (χ1n) is 4.48. The molecule has 2 rings (SSSR count). The lowest BCUT2D eigenvalue weighted by Gasteiger charge is -2.00. The van der Waals surface area contributed by atoms with Crippen LogP contribution in [0.25, 0.3) is 0 Å². The Bertz CT molecular complexity index is 491. The van der Waals surface area contributed by atoms with E-state index >= 15 is 0 Å². The number of ketones is 1. The molecule has 0 aliphatic carbocycles. The highest BCUT2D eigenvalue weighted by atomic mass is 19.1. The van der Waals surface area contributed by atoms with Crippen LogP contribution < -0.4 is 0 Å². The molecule has 0 saturated carbocycles. The van der Waals surface area contributed by atoms with Crippen LogP contribution in [0, 0.1) is 12.7 Å². The number of aromatic nitrogens is 2. The van der Waals surface area contributed by atoms with Crippen LogP contribution in [0.1, 0.15) is 21.7 Å². The standard InChI is InChI=1S/C11H9FN2O/c1-7-6-8(2-3-9(7)12)10(15)11-13-4-5-14-11/h2-6H,1H3,(H,13,14). The fourth-order valence-electron chi connectivity index (χ4n) is 1.31. The molecule has 0 bridgehead atoms. The molecule has 76 valence electrons. The van der Waals surface area contributed by atoms with Gasteiger partial charge in [-0.25, -0.2) is 9.37 Å². The van der Waals surface area contributed by atoms with Gasteiger partial charge in [0.1, 0.15) is 5.82 Å². The largest absolute Gasteiger partial charge is 0.342 e. The summed E-state index contributed by atoms with van der Waals surface area (Å²) in [4.78, 5) is 18.3. The molecule has 2 aromatic rings. The van der Waals surface area contributed by atoms with Crippen molar-refractivity contribution in [2.45, 2.75) is 6.92 Å². The normalized spacial score (nSPS) is 10.3. The van der Waals surface area contributed by atoms with Crippen molar-refractivity contribution in [3.05, 3.63) is 53.4 Å². The third-order valence-electron chi connectivity index (χ3n) is 2.13. The quantitative estimate of drug-likeness (QED) is 0.761. The number of carbonyl (C=O) groups excluding carboxylic acids is 1. The molecule has 0 saturated heterocycles. The number of hydrogen-bond donors (Lipinski definition) is 1. The summed E-state index contributed by atoms with van der Waals surface area (Å²) in [6.45, 7) is 1.62. The van der Waals surface area contributed by atoms with Gasteiger partial charge >= 0.3 is 0 Å². The van der Waals surface area contributed by atoms with E-state index in [1.807, 2.05) is 0 Å². The first kappa shape index (κ1) is 9.58. The minimum absolute atomic E-state index is 0.233. The van der Waals surface area contributed by atoms with E-state index in [-0.39, 0.29) is 17.4 Å². The number of aryl methyl sites for hydroxylation is 1. The van der Waals surface area contributed by atoms with Crippen LogP contribution in [0.2, 0.25) is 0 Å². The molecule has 3 nitrogen and oxygen atoms in total. The fourth-order valence-corrected chi connectivity index (χ4v) is 1.31. The zero-order valence-corrected chi connectivity index (χ0v) is 8.12. The van der Waals surface area contributed by atoms with Crippen molar-refractivity contribution in [3.8, 4) is 0 Å². The number of benzene rings is 1. The monoisotopic (exact) mass is 204 g/mol. The van der Waals surface area contributed by atoms with Crippen molar-refractivity contribution in [2.75, 3.05) is 0 Å². The number of aromatic amines is 1. The van der Waals surface area contributed by atoms with Gasteiger partial charge < -0.3 is 4.98 Å². The Kier molecular flexibility index (Phi) is 2.33. The molecule has 0 aliphatic heterocycles. The summed E-state index contributed by atoms with van der Waals surface area (Å²) in [5.74, 6) is -0.282. The molecule has 0 amide bonds. The highest BCUT2D eigenvalue weighted by Crippen LogP contribution is 2.11. The van der Waals surface area contributed by atoms with Crippen LogP contribution in [0.3, 0.4) is 0 Å². The summed E-state index contributed by atoms with van der Waals surface area (Å²) >= 11 is 0. The maximum atomic E-state index is 13.0. The number of carbonyl (C=O) groups is 1. The number of imidazole rings is 1. The van der Waals surface area contributed by atoms with Gasteiger partial charge in [-0.3, -0.25) is 4.79 Å². The second-order valence-corrected chi connectivity index (χ2v) is 3.23. The van der Waals surface area contributed by atoms with Gasteiger partial charge in [0.15, 0.2) is 5.82 Å². The lowest BCUT2D eigenvalue weighted by atomic mass is 10.1. The molecule has 1 N–H and O–H groups in total. The van der Waals surface area contributed by atoms with Gasteiger partial charge in [-0.15, -0.1) is 0 Å². The van der Waals surface area contributed by atoms with Gasteiger partial charge in [-0.1, -0.05) is 0 Å². The Morgan fingerprint density at radius 3 is 2.87 bits per heavy atom. The van der Waals surface area contributed by atoms with Gasteiger partial charge in [-0.2, -0.15) is 0 Å². The topological polar surface area (TPSA) is 45.8 Å². The van der Waals surface area contributed by atoms with Crippen molar-refractivity contribution < 1.29 is 9.18 Å². The zero-order chi connectivity index (χ0) is 10.8. The van der Waals surface area contributed by atoms with E-state index in [9.17, 15) is 9.18 Å². The minimum atomic E-state index is -0.314. The Hall–Kier alpha value is -1.97. The third-order valence-corrected chi connectivity index (χ3v) is 2.13. The number of rotatable bonds is 2. The maximum Gasteiger partial charge on any atom is 0.228 e. The fraction of sp³-hybridized carbons (Fsp3) is 0.0909. The summed E-state index contributed by atoms with van der Waals surface area (Å²) in [6, 6.07) is 4.25. The van der Waals surface area contributed by atoms with Gasteiger partial charge in [0.05, 0.1) is 0 Å². The van der Waals surface area contributed by atoms with Gasteiger partial charge in [0, 0.05) is 18.0 Å². The average molecular weight is 204 g/mol. The third kappa shape index (κ3) is 1.79. The van der Waals surface area contributed by atoms with Crippen LogP contribution in [-0.4, -0.2) is 15.8 Å². The molecule has 0 spiro atoms. The van der Waals surface area contributed by atoms with E-state index in [0.29, 0.717) is 11.1 Å². The van der Waals surface area contributed by atoms with Gasteiger partial charge in [0.25, 0.3) is 0 Å². The molecule has 0 aliphatic rings. The average Bonchev–Trinajstić information content (AvgIpc) is 2.74. The second kappa shape index (κ2) is 3.65. The highest BCUT2D eigenvalue weighted by molar-refractivity contribution is 6.06. The molecule has 1 aromatic carbocycles. The molecular weight excluding hydrogens is 195 g/mol. The molecule has 0 atom stereocenters. The Morgan fingerprint density at radius 2 is 2.27 bits per heavy atom. The first-order valence-corrected chi connectivity index (χ1v) is 4.48. The highest BCUT2D eigenvalue weighted by Gasteiger charge is 2.12. The van der Waals surface area contributed by atoms with Crippen LogP contribution in [-0.2, 0) is 0 Å². The summed E-state index contributed by atoms with van der Waals surface area (Å²) in [5, 5.41) is 0.